The molecule has 3 rings (SSSR count). The number of alkyl halides is 3. The highest BCUT2D eigenvalue weighted by Crippen LogP contribution is 2.32. The predicted molar refractivity (Wildman–Crippen MR) is 111 cm³/mol. The van der Waals surface area contributed by atoms with Gasteiger partial charge in [0.1, 0.15) is 0 Å². The summed E-state index contributed by atoms with van der Waals surface area (Å²) in [5.74, 6) is -2.53. The maximum Gasteiger partial charge on any atom is 0.435 e. The number of hydrazine groups is 1. The van der Waals surface area contributed by atoms with Crippen LogP contribution in [-0.4, -0.2) is 46.2 Å². The largest absolute Gasteiger partial charge is 0.469 e. The van der Waals surface area contributed by atoms with Crippen molar-refractivity contribution in [1.29, 1.82) is 0 Å². The molecule has 0 saturated heterocycles. The standard InChI is InChI=1S/C22H25F3N4O4/c1-3-28(20(31)14-9-11-15(12-10-14)21(32)33-2)27-19(30)17-13-29(16-7-5-4-6-8-16)26-18(17)22(23,24)25/h4-8,13-15H,3,9-12H2,1-2H3,(H,27,30). The molecule has 1 heterocycles. The SMILES string of the molecule is CCN(NC(=O)c1cn(-c2ccccc2)nc1C(F)(F)F)C(=O)C1CCC(C(=O)OC)CC1. The van der Waals surface area contributed by atoms with Crippen molar-refractivity contribution < 1.29 is 32.3 Å². The highest BCUT2D eigenvalue weighted by Gasteiger charge is 2.40. The zero-order chi connectivity index (χ0) is 24.2. The first kappa shape index (κ1) is 24.3. The first-order chi connectivity index (χ1) is 15.7. The van der Waals surface area contributed by atoms with Gasteiger partial charge in [0.25, 0.3) is 5.91 Å². The molecule has 1 aromatic carbocycles. The van der Waals surface area contributed by atoms with Crippen molar-refractivity contribution in [2.45, 2.75) is 38.8 Å². The quantitative estimate of drug-likeness (QED) is 0.539. The van der Waals surface area contributed by atoms with Gasteiger partial charge in [0, 0.05) is 18.7 Å². The van der Waals surface area contributed by atoms with E-state index in [2.05, 4.69) is 10.5 Å². The van der Waals surface area contributed by atoms with Crippen LogP contribution in [0.5, 0.6) is 0 Å². The molecule has 1 aliphatic rings. The minimum atomic E-state index is -4.86. The van der Waals surface area contributed by atoms with E-state index in [0.717, 1.165) is 15.9 Å². The maximum absolute atomic E-state index is 13.6. The van der Waals surface area contributed by atoms with Crippen molar-refractivity contribution in [3.05, 3.63) is 47.8 Å². The summed E-state index contributed by atoms with van der Waals surface area (Å²) in [4.78, 5) is 37.4. The Morgan fingerprint density at radius 3 is 2.27 bits per heavy atom. The number of esters is 1. The average Bonchev–Trinajstić information content (AvgIpc) is 3.28. The zero-order valence-corrected chi connectivity index (χ0v) is 18.3. The van der Waals surface area contributed by atoms with Crippen LogP contribution in [-0.2, 0) is 20.5 Å². The van der Waals surface area contributed by atoms with Crippen LogP contribution in [0.25, 0.3) is 5.69 Å². The number of benzene rings is 1. The summed E-state index contributed by atoms with van der Waals surface area (Å²) in [5.41, 5.74) is 0.627. The number of aromatic nitrogens is 2. The number of methoxy groups -OCH3 is 1. The summed E-state index contributed by atoms with van der Waals surface area (Å²) in [6.45, 7) is 1.67. The Morgan fingerprint density at radius 2 is 1.73 bits per heavy atom. The number of hydrogen-bond acceptors (Lipinski definition) is 5. The minimum absolute atomic E-state index is 0.0652. The third kappa shape index (κ3) is 5.52. The van der Waals surface area contributed by atoms with Gasteiger partial charge in [-0.3, -0.25) is 24.8 Å². The molecule has 2 amide bonds. The first-order valence-electron chi connectivity index (χ1n) is 10.6. The molecule has 1 aliphatic carbocycles. The Labute approximate surface area is 188 Å². The van der Waals surface area contributed by atoms with Crippen molar-refractivity contribution >= 4 is 17.8 Å². The molecule has 8 nitrogen and oxygen atoms in total. The molecule has 0 aliphatic heterocycles. The Morgan fingerprint density at radius 1 is 1.12 bits per heavy atom. The molecule has 0 unspecified atom stereocenters. The van der Waals surface area contributed by atoms with Gasteiger partial charge in [-0.1, -0.05) is 18.2 Å². The van der Waals surface area contributed by atoms with Crippen molar-refractivity contribution in [3.63, 3.8) is 0 Å². The Hall–Kier alpha value is -3.37. The van der Waals surface area contributed by atoms with E-state index in [0.29, 0.717) is 31.4 Å². The topological polar surface area (TPSA) is 93.5 Å². The second kappa shape index (κ2) is 10.1. The van der Waals surface area contributed by atoms with Gasteiger partial charge < -0.3 is 4.74 Å². The molecule has 1 fully saturated rings. The van der Waals surface area contributed by atoms with Gasteiger partial charge in [-0.15, -0.1) is 0 Å². The van der Waals surface area contributed by atoms with E-state index in [9.17, 15) is 27.6 Å². The molecule has 1 N–H and O–H groups in total. The van der Waals surface area contributed by atoms with Gasteiger partial charge in [-0.05, 0) is 44.7 Å². The molecule has 0 bridgehead atoms. The molecule has 33 heavy (non-hydrogen) atoms. The lowest BCUT2D eigenvalue weighted by Crippen LogP contribution is -2.49. The lowest BCUT2D eigenvalue weighted by Gasteiger charge is -2.30. The van der Waals surface area contributed by atoms with E-state index in [1.54, 1.807) is 37.3 Å². The fourth-order valence-electron chi connectivity index (χ4n) is 3.90. The van der Waals surface area contributed by atoms with Crippen molar-refractivity contribution in [1.82, 2.24) is 20.2 Å². The van der Waals surface area contributed by atoms with E-state index >= 15 is 0 Å². The molecule has 0 atom stereocenters. The fourth-order valence-corrected chi connectivity index (χ4v) is 3.90. The van der Waals surface area contributed by atoms with Gasteiger partial charge in [-0.2, -0.15) is 18.3 Å². The van der Waals surface area contributed by atoms with Crippen LogP contribution in [0.3, 0.4) is 0 Å². The van der Waals surface area contributed by atoms with Crippen molar-refractivity contribution in [2.24, 2.45) is 11.8 Å². The third-order valence-electron chi connectivity index (χ3n) is 5.68. The van der Waals surface area contributed by atoms with Crippen LogP contribution in [0.2, 0.25) is 0 Å². The van der Waals surface area contributed by atoms with Gasteiger partial charge in [-0.25, -0.2) is 4.68 Å². The van der Waals surface area contributed by atoms with Gasteiger partial charge in [0.15, 0.2) is 5.69 Å². The normalized spacial score (nSPS) is 18.5. The Kier molecular flexibility index (Phi) is 7.39. The number of ether oxygens (including phenoxy) is 1. The van der Waals surface area contributed by atoms with Gasteiger partial charge in [0.2, 0.25) is 5.91 Å². The van der Waals surface area contributed by atoms with E-state index in [-0.39, 0.29) is 18.4 Å². The smallest absolute Gasteiger partial charge is 0.435 e. The van der Waals surface area contributed by atoms with E-state index in [4.69, 9.17) is 4.74 Å². The molecular weight excluding hydrogens is 441 g/mol. The number of amides is 2. The first-order valence-corrected chi connectivity index (χ1v) is 10.6. The number of para-hydroxylation sites is 1. The van der Waals surface area contributed by atoms with E-state index in [1.807, 2.05) is 0 Å². The van der Waals surface area contributed by atoms with Crippen LogP contribution in [0.4, 0.5) is 13.2 Å². The molecule has 11 heteroatoms. The zero-order valence-electron chi connectivity index (χ0n) is 18.3. The Bertz CT molecular complexity index is 999. The monoisotopic (exact) mass is 466 g/mol. The summed E-state index contributed by atoms with van der Waals surface area (Å²) in [5, 5.41) is 4.58. The van der Waals surface area contributed by atoms with Crippen LogP contribution >= 0.6 is 0 Å². The number of hydrogen-bond donors (Lipinski definition) is 1. The summed E-state index contributed by atoms with van der Waals surface area (Å²) < 4.78 is 46.4. The summed E-state index contributed by atoms with van der Waals surface area (Å²) in [6.07, 6.45) is -2.09. The Balaban J connectivity index is 1.76. The summed E-state index contributed by atoms with van der Waals surface area (Å²) >= 11 is 0. The lowest BCUT2D eigenvalue weighted by atomic mass is 9.81. The lowest BCUT2D eigenvalue weighted by molar-refractivity contribution is -0.149. The van der Waals surface area contributed by atoms with Crippen LogP contribution in [0.1, 0.15) is 48.7 Å². The minimum Gasteiger partial charge on any atom is -0.469 e. The van der Waals surface area contributed by atoms with Crippen LogP contribution < -0.4 is 5.43 Å². The number of nitrogens with zero attached hydrogens (tertiary/aromatic N) is 3. The molecule has 2 aromatic rings. The maximum atomic E-state index is 13.6. The molecule has 1 aromatic heterocycles. The van der Waals surface area contributed by atoms with Crippen molar-refractivity contribution in [2.75, 3.05) is 13.7 Å². The van der Waals surface area contributed by atoms with Crippen LogP contribution in [0, 0.1) is 11.8 Å². The number of halogens is 3. The summed E-state index contributed by atoms with van der Waals surface area (Å²) in [7, 11) is 1.31. The molecule has 178 valence electrons. The highest BCUT2D eigenvalue weighted by molar-refractivity contribution is 5.96. The van der Waals surface area contributed by atoms with Gasteiger partial charge >= 0.3 is 12.1 Å². The molecule has 1 saturated carbocycles. The number of nitrogens with one attached hydrogen (secondary N) is 1. The van der Waals surface area contributed by atoms with E-state index < -0.39 is 35.2 Å². The molecule has 0 radical (unpaired) electrons. The van der Waals surface area contributed by atoms with Crippen LogP contribution in [0.15, 0.2) is 36.5 Å². The molecular formula is C22H25F3N4O4. The third-order valence-corrected chi connectivity index (χ3v) is 5.68. The predicted octanol–water partition coefficient (Wildman–Crippen LogP) is 3.36. The molecule has 0 spiro atoms. The number of rotatable bonds is 5. The fraction of sp³-hybridized carbons (Fsp3) is 0.455. The van der Waals surface area contributed by atoms with Crippen molar-refractivity contribution in [3.8, 4) is 5.69 Å². The van der Waals surface area contributed by atoms with E-state index in [1.165, 1.54) is 7.11 Å². The second-order valence-electron chi connectivity index (χ2n) is 7.76. The highest BCUT2D eigenvalue weighted by atomic mass is 19.4. The average molecular weight is 466 g/mol. The number of carbonyl (C=O) groups is 3. The second-order valence-corrected chi connectivity index (χ2v) is 7.76. The van der Waals surface area contributed by atoms with Gasteiger partial charge in [0.05, 0.1) is 24.3 Å². The summed E-state index contributed by atoms with van der Waals surface area (Å²) in [6, 6.07) is 8.09. The number of carbonyl (C=O) groups excluding carboxylic acids is 3.